The summed E-state index contributed by atoms with van der Waals surface area (Å²) in [6.07, 6.45) is 4.52. The van der Waals surface area contributed by atoms with Gasteiger partial charge in [0.05, 0.1) is 5.54 Å². The third-order valence-corrected chi connectivity index (χ3v) is 4.31. The lowest BCUT2D eigenvalue weighted by atomic mass is 9.91. The van der Waals surface area contributed by atoms with Gasteiger partial charge in [-0.15, -0.1) is 0 Å². The van der Waals surface area contributed by atoms with Gasteiger partial charge in [0, 0.05) is 18.1 Å². The molecule has 0 aliphatic carbocycles. The molecule has 19 heavy (non-hydrogen) atoms. The van der Waals surface area contributed by atoms with Gasteiger partial charge in [0.25, 0.3) is 0 Å². The van der Waals surface area contributed by atoms with E-state index in [0.29, 0.717) is 12.1 Å². The number of rotatable bonds is 7. The molecule has 0 radical (unpaired) electrons. The molecule has 1 aliphatic rings. The summed E-state index contributed by atoms with van der Waals surface area (Å²) in [5.41, 5.74) is 5.00. The highest BCUT2D eigenvalue weighted by Gasteiger charge is 2.37. The Hall–Kier alpha value is -0.610. The van der Waals surface area contributed by atoms with Gasteiger partial charge in [-0.2, -0.15) is 0 Å². The molecule has 1 amide bonds. The fourth-order valence-electron chi connectivity index (χ4n) is 3.45. The van der Waals surface area contributed by atoms with E-state index >= 15 is 0 Å². The monoisotopic (exact) mass is 269 g/mol. The fourth-order valence-corrected chi connectivity index (χ4v) is 3.45. The predicted octanol–water partition coefficient (Wildman–Crippen LogP) is 1.88. The quantitative estimate of drug-likeness (QED) is 0.742. The summed E-state index contributed by atoms with van der Waals surface area (Å²) < 4.78 is 0. The Morgan fingerprint density at radius 1 is 1.47 bits per heavy atom. The van der Waals surface area contributed by atoms with E-state index in [-0.39, 0.29) is 11.9 Å². The van der Waals surface area contributed by atoms with E-state index in [1.54, 1.807) is 0 Å². The minimum Gasteiger partial charge on any atom is -0.368 e. The summed E-state index contributed by atoms with van der Waals surface area (Å²) in [7, 11) is 0. The Morgan fingerprint density at radius 2 is 2.11 bits per heavy atom. The van der Waals surface area contributed by atoms with Crippen LogP contribution in [-0.2, 0) is 4.79 Å². The zero-order valence-corrected chi connectivity index (χ0v) is 13.2. The number of carbonyl (C=O) groups excluding carboxylic acids is 1. The molecule has 112 valence electrons. The van der Waals surface area contributed by atoms with Gasteiger partial charge in [-0.1, -0.05) is 6.92 Å². The van der Waals surface area contributed by atoms with E-state index in [0.717, 1.165) is 13.0 Å². The summed E-state index contributed by atoms with van der Waals surface area (Å²) in [6.45, 7) is 11.7. The SMILES string of the molecule is CCC1CCCN1C(C)CC(C)(NC(C)C)C(N)=O. The highest BCUT2D eigenvalue weighted by atomic mass is 16.1. The molecule has 3 N–H and O–H groups in total. The topological polar surface area (TPSA) is 58.4 Å². The average Bonchev–Trinajstić information content (AvgIpc) is 2.75. The van der Waals surface area contributed by atoms with E-state index < -0.39 is 5.54 Å². The van der Waals surface area contributed by atoms with Crippen molar-refractivity contribution < 1.29 is 4.79 Å². The van der Waals surface area contributed by atoms with Crippen molar-refractivity contribution in [1.82, 2.24) is 10.2 Å². The standard InChI is InChI=1S/C15H31N3O/c1-6-13-8-7-9-18(13)12(4)10-15(5,14(16)19)17-11(2)3/h11-13,17H,6-10H2,1-5H3,(H2,16,19). The van der Waals surface area contributed by atoms with Crippen LogP contribution in [0.25, 0.3) is 0 Å². The van der Waals surface area contributed by atoms with Crippen LogP contribution < -0.4 is 11.1 Å². The maximum Gasteiger partial charge on any atom is 0.237 e. The van der Waals surface area contributed by atoms with E-state index in [4.69, 9.17) is 5.73 Å². The van der Waals surface area contributed by atoms with E-state index in [2.05, 4.69) is 37.9 Å². The van der Waals surface area contributed by atoms with Gasteiger partial charge in [-0.3, -0.25) is 9.69 Å². The van der Waals surface area contributed by atoms with Crippen molar-refractivity contribution in [2.24, 2.45) is 5.73 Å². The number of nitrogens with zero attached hydrogens (tertiary/aromatic N) is 1. The number of primary amides is 1. The lowest BCUT2D eigenvalue weighted by Gasteiger charge is -2.37. The van der Waals surface area contributed by atoms with Crippen LogP contribution in [0.3, 0.4) is 0 Å². The zero-order valence-electron chi connectivity index (χ0n) is 13.2. The molecule has 1 rings (SSSR count). The molecule has 1 aliphatic heterocycles. The molecule has 3 atom stereocenters. The number of carbonyl (C=O) groups is 1. The normalized spacial score (nSPS) is 25.5. The first-order chi connectivity index (χ1) is 8.80. The van der Waals surface area contributed by atoms with Crippen LogP contribution in [0.15, 0.2) is 0 Å². The van der Waals surface area contributed by atoms with Crippen LogP contribution in [0.1, 0.15) is 60.3 Å². The number of nitrogens with one attached hydrogen (secondary N) is 1. The van der Waals surface area contributed by atoms with Crippen molar-refractivity contribution in [2.75, 3.05) is 6.54 Å². The summed E-state index contributed by atoms with van der Waals surface area (Å²) in [5, 5.41) is 3.34. The maximum absolute atomic E-state index is 11.8. The molecule has 0 spiro atoms. The van der Waals surface area contributed by atoms with Gasteiger partial charge in [-0.05, 0) is 59.9 Å². The van der Waals surface area contributed by atoms with E-state index in [9.17, 15) is 4.79 Å². The molecule has 4 nitrogen and oxygen atoms in total. The van der Waals surface area contributed by atoms with Crippen molar-refractivity contribution in [1.29, 1.82) is 0 Å². The second-order valence-corrected chi connectivity index (χ2v) is 6.49. The number of amides is 1. The Morgan fingerprint density at radius 3 is 2.58 bits per heavy atom. The van der Waals surface area contributed by atoms with Crippen molar-refractivity contribution in [3.05, 3.63) is 0 Å². The highest BCUT2D eigenvalue weighted by Crippen LogP contribution is 2.26. The third kappa shape index (κ3) is 4.18. The summed E-state index contributed by atoms with van der Waals surface area (Å²) >= 11 is 0. The lowest BCUT2D eigenvalue weighted by molar-refractivity contribution is -0.125. The van der Waals surface area contributed by atoms with Crippen LogP contribution in [0, 0.1) is 0 Å². The van der Waals surface area contributed by atoms with E-state index in [1.165, 1.54) is 19.3 Å². The molecule has 0 saturated carbocycles. The molecular weight excluding hydrogens is 238 g/mol. The van der Waals surface area contributed by atoms with Crippen molar-refractivity contribution in [3.63, 3.8) is 0 Å². The molecular formula is C15H31N3O. The minimum atomic E-state index is -0.617. The van der Waals surface area contributed by atoms with Crippen LogP contribution in [0.2, 0.25) is 0 Å². The van der Waals surface area contributed by atoms with Crippen LogP contribution >= 0.6 is 0 Å². The van der Waals surface area contributed by atoms with Crippen LogP contribution in [0.5, 0.6) is 0 Å². The highest BCUT2D eigenvalue weighted by molar-refractivity contribution is 5.84. The molecule has 1 saturated heterocycles. The molecule has 0 aromatic rings. The fraction of sp³-hybridized carbons (Fsp3) is 0.933. The van der Waals surface area contributed by atoms with Gasteiger partial charge in [-0.25, -0.2) is 0 Å². The minimum absolute atomic E-state index is 0.250. The Labute approximate surface area is 118 Å². The number of hydrogen-bond donors (Lipinski definition) is 2. The molecule has 0 aromatic heterocycles. The second kappa shape index (κ2) is 6.71. The lowest BCUT2D eigenvalue weighted by Crippen LogP contribution is -2.58. The van der Waals surface area contributed by atoms with Crippen molar-refractivity contribution in [2.45, 2.75) is 84.0 Å². The smallest absolute Gasteiger partial charge is 0.237 e. The third-order valence-electron chi connectivity index (χ3n) is 4.31. The first-order valence-electron chi connectivity index (χ1n) is 7.63. The molecule has 0 aromatic carbocycles. The Bertz CT molecular complexity index is 306. The Kier molecular flexibility index (Phi) is 5.81. The largest absolute Gasteiger partial charge is 0.368 e. The first-order valence-corrected chi connectivity index (χ1v) is 7.63. The van der Waals surface area contributed by atoms with Gasteiger partial charge in [0.1, 0.15) is 0 Å². The molecule has 0 bridgehead atoms. The van der Waals surface area contributed by atoms with Crippen molar-refractivity contribution >= 4 is 5.91 Å². The molecule has 1 heterocycles. The summed E-state index contributed by atoms with van der Waals surface area (Å²) in [6, 6.07) is 1.31. The van der Waals surface area contributed by atoms with Gasteiger partial charge in [0.2, 0.25) is 5.91 Å². The van der Waals surface area contributed by atoms with Crippen molar-refractivity contribution in [3.8, 4) is 0 Å². The Balaban J connectivity index is 2.71. The van der Waals surface area contributed by atoms with Crippen LogP contribution in [0.4, 0.5) is 0 Å². The molecule has 1 fully saturated rings. The molecule has 4 heteroatoms. The predicted molar refractivity (Wildman–Crippen MR) is 80.0 cm³/mol. The number of hydrogen-bond acceptors (Lipinski definition) is 3. The van der Waals surface area contributed by atoms with Gasteiger partial charge in [0.15, 0.2) is 0 Å². The molecule has 3 unspecified atom stereocenters. The van der Waals surface area contributed by atoms with Gasteiger partial charge < -0.3 is 11.1 Å². The zero-order chi connectivity index (χ0) is 14.6. The average molecular weight is 269 g/mol. The second-order valence-electron chi connectivity index (χ2n) is 6.49. The van der Waals surface area contributed by atoms with Crippen LogP contribution in [-0.4, -0.2) is 41.0 Å². The number of nitrogens with two attached hydrogens (primary N) is 1. The maximum atomic E-state index is 11.8. The van der Waals surface area contributed by atoms with Gasteiger partial charge >= 0.3 is 0 Å². The van der Waals surface area contributed by atoms with E-state index in [1.807, 2.05) is 6.92 Å². The summed E-state index contributed by atoms with van der Waals surface area (Å²) in [5.74, 6) is -0.250. The number of likely N-dealkylation sites (tertiary alicyclic amines) is 1. The summed E-state index contributed by atoms with van der Waals surface area (Å²) in [4.78, 5) is 14.3. The first kappa shape index (κ1) is 16.4.